The van der Waals surface area contributed by atoms with Crippen molar-refractivity contribution >= 4 is 5.57 Å². The molecule has 0 saturated heterocycles. The van der Waals surface area contributed by atoms with Crippen LogP contribution in [0.25, 0.3) is 5.57 Å². The topological polar surface area (TPSA) is 67.8 Å². The van der Waals surface area contributed by atoms with Crippen molar-refractivity contribution in [3.05, 3.63) is 48.1 Å². The van der Waals surface area contributed by atoms with Crippen molar-refractivity contribution in [1.29, 1.82) is 10.5 Å². The number of allylic oxidation sites excluding steroid dienone is 3. The van der Waals surface area contributed by atoms with Crippen molar-refractivity contribution in [3.8, 4) is 17.9 Å². The molecule has 1 aromatic carbocycles. The summed E-state index contributed by atoms with van der Waals surface area (Å²) >= 11 is 0. The number of hydrogen-bond donors (Lipinski definition) is 1. The maximum atomic E-state index is 9.16. The number of nitriles is 2. The molecular weight excluding hydrogens is 200 g/mol. The fourth-order valence-corrected chi connectivity index (χ4v) is 1.33. The normalized spacial score (nSPS) is 8.62. The summed E-state index contributed by atoms with van der Waals surface area (Å²) < 4.78 is 0. The number of phenolic OH excluding ortho intramolecular Hbond substituents is 1. The van der Waals surface area contributed by atoms with Crippen molar-refractivity contribution in [3.63, 3.8) is 0 Å². The Morgan fingerprint density at radius 1 is 1.25 bits per heavy atom. The summed E-state index contributed by atoms with van der Waals surface area (Å²) in [5.74, 6) is 0.150. The molecule has 0 aliphatic carbocycles. The summed E-state index contributed by atoms with van der Waals surface area (Å²) in [6.07, 6.45) is 2.08. The number of aromatic hydroxyl groups is 1. The number of nitrogens with zero attached hydrogens (tertiary/aromatic N) is 2. The average Bonchev–Trinajstić information content (AvgIpc) is 2.31. The summed E-state index contributed by atoms with van der Waals surface area (Å²) in [4.78, 5) is 0. The third-order valence-corrected chi connectivity index (χ3v) is 2.09. The zero-order chi connectivity index (χ0) is 12.0. The van der Waals surface area contributed by atoms with E-state index in [1.807, 2.05) is 12.1 Å². The molecule has 3 heteroatoms. The fourth-order valence-electron chi connectivity index (χ4n) is 1.33. The van der Waals surface area contributed by atoms with Gasteiger partial charge in [0.25, 0.3) is 0 Å². The summed E-state index contributed by atoms with van der Waals surface area (Å²) in [6.45, 7) is 3.59. The minimum atomic E-state index is 0.0746. The van der Waals surface area contributed by atoms with Crippen molar-refractivity contribution in [2.45, 2.75) is 6.42 Å². The van der Waals surface area contributed by atoms with Gasteiger partial charge in [-0.3, -0.25) is 0 Å². The van der Waals surface area contributed by atoms with Gasteiger partial charge in [0.15, 0.2) is 0 Å². The molecule has 0 aromatic heterocycles. The Kier molecular flexibility index (Phi) is 3.89. The zero-order valence-electron chi connectivity index (χ0n) is 8.64. The number of rotatable bonds is 3. The highest BCUT2D eigenvalue weighted by molar-refractivity contribution is 5.76. The Labute approximate surface area is 94.2 Å². The van der Waals surface area contributed by atoms with Gasteiger partial charge in [0.05, 0.1) is 0 Å². The molecule has 0 aliphatic rings. The van der Waals surface area contributed by atoms with Gasteiger partial charge in [-0.05, 0) is 29.7 Å². The second-order valence-electron chi connectivity index (χ2n) is 3.12. The number of phenols is 1. The van der Waals surface area contributed by atoms with Gasteiger partial charge in [0.1, 0.15) is 23.5 Å². The van der Waals surface area contributed by atoms with E-state index < -0.39 is 0 Å². The maximum Gasteiger partial charge on any atom is 0.133 e. The van der Waals surface area contributed by atoms with Crippen LogP contribution in [-0.2, 0) is 0 Å². The molecule has 0 atom stereocenters. The Balaban J connectivity index is 3.29. The second kappa shape index (κ2) is 5.38. The highest BCUT2D eigenvalue weighted by Crippen LogP contribution is 2.24. The van der Waals surface area contributed by atoms with Gasteiger partial charge in [0.2, 0.25) is 0 Å². The molecule has 0 spiro atoms. The minimum absolute atomic E-state index is 0.0746. The monoisotopic (exact) mass is 210 g/mol. The Hall–Kier alpha value is -2.52. The molecule has 0 amide bonds. The van der Waals surface area contributed by atoms with Gasteiger partial charge >= 0.3 is 0 Å². The molecule has 1 rings (SSSR count). The van der Waals surface area contributed by atoms with E-state index in [9.17, 15) is 0 Å². The lowest BCUT2D eigenvalue weighted by atomic mass is 9.98. The van der Waals surface area contributed by atoms with Crippen LogP contribution in [0, 0.1) is 22.7 Å². The molecule has 0 heterocycles. The van der Waals surface area contributed by atoms with E-state index in [2.05, 4.69) is 6.58 Å². The van der Waals surface area contributed by atoms with Crippen LogP contribution in [-0.4, -0.2) is 5.11 Å². The van der Waals surface area contributed by atoms with Crippen molar-refractivity contribution in [2.75, 3.05) is 0 Å². The van der Waals surface area contributed by atoms with Crippen LogP contribution in [0.5, 0.6) is 5.75 Å². The standard InChI is InChI=1S/C13H10N2O/c1-2-3-13(11(8-14)9-15)10-4-6-12(16)7-5-10/h2,4-7,16H,1,3H2. The first-order valence-electron chi connectivity index (χ1n) is 4.66. The lowest BCUT2D eigenvalue weighted by Crippen LogP contribution is -1.88. The smallest absolute Gasteiger partial charge is 0.133 e. The zero-order valence-corrected chi connectivity index (χ0v) is 8.64. The third-order valence-electron chi connectivity index (χ3n) is 2.09. The Morgan fingerprint density at radius 3 is 2.25 bits per heavy atom. The molecule has 1 aromatic rings. The molecule has 0 radical (unpaired) electrons. The molecule has 3 nitrogen and oxygen atoms in total. The molecule has 1 N–H and O–H groups in total. The third kappa shape index (κ3) is 2.50. The van der Waals surface area contributed by atoms with Gasteiger partial charge in [-0.2, -0.15) is 10.5 Å². The molecule has 78 valence electrons. The highest BCUT2D eigenvalue weighted by atomic mass is 16.3. The van der Waals surface area contributed by atoms with E-state index in [0.29, 0.717) is 12.0 Å². The highest BCUT2D eigenvalue weighted by Gasteiger charge is 2.07. The minimum Gasteiger partial charge on any atom is -0.508 e. The fraction of sp³-hybridized carbons (Fsp3) is 0.0769. The van der Waals surface area contributed by atoms with Gasteiger partial charge in [0, 0.05) is 0 Å². The quantitative estimate of drug-likeness (QED) is 0.616. The van der Waals surface area contributed by atoms with E-state index >= 15 is 0 Å². The van der Waals surface area contributed by atoms with Crippen LogP contribution in [0.1, 0.15) is 12.0 Å². The van der Waals surface area contributed by atoms with E-state index in [0.717, 1.165) is 5.56 Å². The molecule has 0 saturated carbocycles. The predicted molar refractivity (Wildman–Crippen MR) is 61.1 cm³/mol. The molecule has 0 fully saturated rings. The van der Waals surface area contributed by atoms with Gasteiger partial charge in [-0.15, -0.1) is 6.58 Å². The van der Waals surface area contributed by atoms with E-state index in [1.54, 1.807) is 18.2 Å². The van der Waals surface area contributed by atoms with Crippen LogP contribution in [0.3, 0.4) is 0 Å². The molecule has 0 unspecified atom stereocenters. The van der Waals surface area contributed by atoms with Crippen LogP contribution in [0.4, 0.5) is 0 Å². The summed E-state index contributed by atoms with van der Waals surface area (Å²) in [6, 6.07) is 10.1. The van der Waals surface area contributed by atoms with E-state index in [1.165, 1.54) is 12.1 Å². The van der Waals surface area contributed by atoms with Crippen LogP contribution in [0.2, 0.25) is 0 Å². The lowest BCUT2D eigenvalue weighted by Gasteiger charge is -2.05. The van der Waals surface area contributed by atoms with Gasteiger partial charge < -0.3 is 5.11 Å². The molecule has 0 bridgehead atoms. The number of hydrogen-bond acceptors (Lipinski definition) is 3. The van der Waals surface area contributed by atoms with Crippen molar-refractivity contribution in [2.24, 2.45) is 0 Å². The predicted octanol–water partition coefficient (Wildman–Crippen LogP) is 2.77. The molecule has 16 heavy (non-hydrogen) atoms. The summed E-state index contributed by atoms with van der Waals surface area (Å²) in [7, 11) is 0. The summed E-state index contributed by atoms with van der Waals surface area (Å²) in [5, 5.41) is 26.8. The first kappa shape index (κ1) is 11.6. The van der Waals surface area contributed by atoms with Crippen molar-refractivity contribution in [1.82, 2.24) is 0 Å². The van der Waals surface area contributed by atoms with Crippen LogP contribution >= 0.6 is 0 Å². The van der Waals surface area contributed by atoms with E-state index in [4.69, 9.17) is 15.6 Å². The van der Waals surface area contributed by atoms with E-state index in [-0.39, 0.29) is 11.3 Å². The molecular formula is C13H10N2O. The summed E-state index contributed by atoms with van der Waals surface area (Å²) in [5.41, 5.74) is 1.45. The van der Waals surface area contributed by atoms with Crippen LogP contribution < -0.4 is 0 Å². The van der Waals surface area contributed by atoms with Crippen LogP contribution in [0.15, 0.2) is 42.5 Å². The first-order chi connectivity index (χ1) is 7.72. The Bertz CT molecular complexity index is 482. The number of benzene rings is 1. The first-order valence-corrected chi connectivity index (χ1v) is 4.66. The Morgan fingerprint density at radius 2 is 1.81 bits per heavy atom. The van der Waals surface area contributed by atoms with Gasteiger partial charge in [-0.1, -0.05) is 18.2 Å². The van der Waals surface area contributed by atoms with Gasteiger partial charge in [-0.25, -0.2) is 0 Å². The SMILES string of the molecule is C=CCC(=C(C#N)C#N)c1ccc(O)cc1. The second-order valence-corrected chi connectivity index (χ2v) is 3.12. The molecule has 0 aliphatic heterocycles. The largest absolute Gasteiger partial charge is 0.508 e. The average molecular weight is 210 g/mol. The van der Waals surface area contributed by atoms with Crippen molar-refractivity contribution < 1.29 is 5.11 Å². The maximum absolute atomic E-state index is 9.16. The lowest BCUT2D eigenvalue weighted by molar-refractivity contribution is 0.475.